The molecule has 0 amide bonds. The molecular weight excluding hydrogens is 249 g/mol. The molecule has 6 heteroatoms. The van der Waals surface area contributed by atoms with E-state index in [2.05, 4.69) is 11.7 Å². The summed E-state index contributed by atoms with van der Waals surface area (Å²) in [5.74, 6) is -3.54. The molecule has 0 spiro atoms. The number of carbonyl (C=O) groups excluding carboxylic acids is 2. The first-order valence-corrected chi connectivity index (χ1v) is 6.19. The van der Waals surface area contributed by atoms with Crippen molar-refractivity contribution in [2.45, 2.75) is 64.5 Å². The zero-order valence-electron chi connectivity index (χ0n) is 10.5. The number of alkyl halides is 3. The molecule has 3 nitrogen and oxygen atoms in total. The smallest absolute Gasteiger partial charge is 0.386 e. The molecule has 0 N–H and O–H groups in total. The maximum Gasteiger partial charge on any atom is 0.491 e. The molecule has 0 aliphatic rings. The van der Waals surface area contributed by atoms with Gasteiger partial charge >= 0.3 is 18.1 Å². The molecule has 0 saturated carbocycles. The molecule has 0 aromatic heterocycles. The third kappa shape index (κ3) is 9.01. The zero-order chi connectivity index (χ0) is 14.0. The van der Waals surface area contributed by atoms with Crippen LogP contribution in [-0.2, 0) is 14.3 Å². The highest BCUT2D eigenvalue weighted by molar-refractivity contribution is 5.88. The summed E-state index contributed by atoms with van der Waals surface area (Å²) in [4.78, 5) is 21.2. The fraction of sp³-hybridized carbons (Fsp3) is 0.833. The van der Waals surface area contributed by atoms with Gasteiger partial charge in [-0.15, -0.1) is 0 Å². The second kappa shape index (κ2) is 8.94. The summed E-state index contributed by atoms with van der Waals surface area (Å²) < 4.78 is 38.9. The Morgan fingerprint density at radius 1 is 0.944 bits per heavy atom. The van der Waals surface area contributed by atoms with Crippen LogP contribution in [-0.4, -0.2) is 18.1 Å². The van der Waals surface area contributed by atoms with Crippen molar-refractivity contribution in [1.82, 2.24) is 0 Å². The average molecular weight is 268 g/mol. The van der Waals surface area contributed by atoms with Gasteiger partial charge in [0.1, 0.15) is 0 Å². The van der Waals surface area contributed by atoms with E-state index < -0.39 is 18.1 Å². The lowest BCUT2D eigenvalue weighted by Gasteiger charge is -2.05. The molecule has 0 aromatic carbocycles. The first-order valence-electron chi connectivity index (χ1n) is 6.19. The van der Waals surface area contributed by atoms with Crippen molar-refractivity contribution in [1.29, 1.82) is 0 Å². The predicted molar refractivity (Wildman–Crippen MR) is 59.8 cm³/mol. The Balaban J connectivity index is 3.52. The summed E-state index contributed by atoms with van der Waals surface area (Å²) in [6, 6.07) is 0. The predicted octanol–water partition coefficient (Wildman–Crippen LogP) is 3.76. The summed E-state index contributed by atoms with van der Waals surface area (Å²) in [5.41, 5.74) is 0. The normalized spacial score (nSPS) is 11.3. The minimum absolute atomic E-state index is 0.143. The minimum atomic E-state index is -5.10. The van der Waals surface area contributed by atoms with Crippen molar-refractivity contribution in [3.05, 3.63) is 0 Å². The van der Waals surface area contributed by atoms with Gasteiger partial charge in [0, 0.05) is 6.42 Å². The number of rotatable bonds is 8. The van der Waals surface area contributed by atoms with Gasteiger partial charge < -0.3 is 4.74 Å². The fourth-order valence-electron chi connectivity index (χ4n) is 1.44. The Hall–Kier alpha value is -1.07. The number of ether oxygens (including phenoxy) is 1. The quantitative estimate of drug-likeness (QED) is 0.382. The van der Waals surface area contributed by atoms with Gasteiger partial charge in [-0.25, -0.2) is 4.79 Å². The standard InChI is InChI=1S/C12H19F3O3/c1-2-3-4-5-6-7-8-9-10(16)18-11(17)12(13,14)15/h2-9H2,1H3. The Morgan fingerprint density at radius 3 is 1.94 bits per heavy atom. The largest absolute Gasteiger partial charge is 0.491 e. The SMILES string of the molecule is CCCCCCCCCC(=O)OC(=O)C(F)(F)F. The Labute approximate surface area is 105 Å². The van der Waals surface area contributed by atoms with Gasteiger partial charge in [-0.05, 0) is 6.42 Å². The van der Waals surface area contributed by atoms with Crippen LogP contribution < -0.4 is 0 Å². The zero-order valence-corrected chi connectivity index (χ0v) is 10.5. The van der Waals surface area contributed by atoms with E-state index in [0.717, 1.165) is 32.1 Å². The molecule has 0 saturated heterocycles. The lowest BCUT2D eigenvalue weighted by Crippen LogP contribution is -2.27. The van der Waals surface area contributed by atoms with E-state index in [4.69, 9.17) is 0 Å². The minimum Gasteiger partial charge on any atom is -0.386 e. The molecule has 106 valence electrons. The highest BCUT2D eigenvalue weighted by Crippen LogP contribution is 2.17. The monoisotopic (exact) mass is 268 g/mol. The Kier molecular flexibility index (Phi) is 8.41. The number of hydrogen-bond donors (Lipinski definition) is 0. The first-order chi connectivity index (χ1) is 8.38. The van der Waals surface area contributed by atoms with Gasteiger partial charge in [0.25, 0.3) is 0 Å². The van der Waals surface area contributed by atoms with Crippen LogP contribution in [0.15, 0.2) is 0 Å². The summed E-state index contributed by atoms with van der Waals surface area (Å²) in [7, 11) is 0. The molecule has 18 heavy (non-hydrogen) atoms. The molecule has 0 heterocycles. The number of halogens is 3. The Bertz CT molecular complexity index is 262. The molecule has 0 bridgehead atoms. The van der Waals surface area contributed by atoms with Crippen molar-refractivity contribution in [3.8, 4) is 0 Å². The van der Waals surface area contributed by atoms with E-state index in [9.17, 15) is 22.8 Å². The van der Waals surface area contributed by atoms with E-state index in [-0.39, 0.29) is 6.42 Å². The molecule has 0 fully saturated rings. The molecule has 0 rings (SSSR count). The summed E-state index contributed by atoms with van der Waals surface area (Å²) in [6.07, 6.45) is 1.42. The van der Waals surface area contributed by atoms with Crippen LogP contribution in [0.1, 0.15) is 58.3 Å². The van der Waals surface area contributed by atoms with Crippen LogP contribution >= 0.6 is 0 Å². The van der Waals surface area contributed by atoms with Gasteiger partial charge in [-0.2, -0.15) is 13.2 Å². The van der Waals surface area contributed by atoms with E-state index in [1.807, 2.05) is 0 Å². The lowest BCUT2D eigenvalue weighted by molar-refractivity contribution is -0.201. The van der Waals surface area contributed by atoms with Gasteiger partial charge in [-0.3, -0.25) is 4.79 Å². The fourth-order valence-corrected chi connectivity index (χ4v) is 1.44. The topological polar surface area (TPSA) is 43.4 Å². The summed E-state index contributed by atoms with van der Waals surface area (Å²) >= 11 is 0. The third-order valence-electron chi connectivity index (χ3n) is 2.42. The van der Waals surface area contributed by atoms with E-state index >= 15 is 0 Å². The second-order valence-corrected chi connectivity index (χ2v) is 4.13. The molecule has 0 aliphatic heterocycles. The average Bonchev–Trinajstić information content (AvgIpc) is 2.26. The molecule has 0 atom stereocenters. The lowest BCUT2D eigenvalue weighted by atomic mass is 10.1. The van der Waals surface area contributed by atoms with Crippen LogP contribution in [0.3, 0.4) is 0 Å². The maximum absolute atomic E-state index is 11.7. The second-order valence-electron chi connectivity index (χ2n) is 4.13. The van der Waals surface area contributed by atoms with E-state index in [1.165, 1.54) is 6.42 Å². The third-order valence-corrected chi connectivity index (χ3v) is 2.42. The van der Waals surface area contributed by atoms with Crippen LogP contribution in [0.2, 0.25) is 0 Å². The van der Waals surface area contributed by atoms with E-state index in [1.54, 1.807) is 0 Å². The molecular formula is C12H19F3O3. The number of carbonyl (C=O) groups is 2. The number of hydrogen-bond acceptors (Lipinski definition) is 3. The van der Waals surface area contributed by atoms with Gasteiger partial charge in [0.2, 0.25) is 0 Å². The molecule has 0 aromatic rings. The van der Waals surface area contributed by atoms with E-state index in [0.29, 0.717) is 6.42 Å². The van der Waals surface area contributed by atoms with Crippen molar-refractivity contribution < 1.29 is 27.5 Å². The molecule has 0 unspecified atom stereocenters. The van der Waals surface area contributed by atoms with Crippen molar-refractivity contribution in [2.75, 3.05) is 0 Å². The van der Waals surface area contributed by atoms with Crippen LogP contribution in [0, 0.1) is 0 Å². The van der Waals surface area contributed by atoms with Gasteiger partial charge in [0.15, 0.2) is 0 Å². The van der Waals surface area contributed by atoms with Crippen molar-refractivity contribution in [3.63, 3.8) is 0 Å². The number of unbranched alkanes of at least 4 members (excludes halogenated alkanes) is 6. The van der Waals surface area contributed by atoms with Crippen molar-refractivity contribution >= 4 is 11.9 Å². The van der Waals surface area contributed by atoms with Gasteiger partial charge in [0.05, 0.1) is 0 Å². The maximum atomic E-state index is 11.7. The highest BCUT2D eigenvalue weighted by Gasteiger charge is 2.42. The molecule has 0 radical (unpaired) electrons. The van der Waals surface area contributed by atoms with Crippen LogP contribution in [0.25, 0.3) is 0 Å². The van der Waals surface area contributed by atoms with Crippen LogP contribution in [0.5, 0.6) is 0 Å². The molecule has 0 aliphatic carbocycles. The Morgan fingerprint density at radius 2 is 1.44 bits per heavy atom. The van der Waals surface area contributed by atoms with Crippen molar-refractivity contribution in [2.24, 2.45) is 0 Å². The summed E-state index contributed by atoms with van der Waals surface area (Å²) in [5, 5.41) is 0. The van der Waals surface area contributed by atoms with Crippen LogP contribution in [0.4, 0.5) is 13.2 Å². The highest BCUT2D eigenvalue weighted by atomic mass is 19.4. The van der Waals surface area contributed by atoms with Gasteiger partial charge in [-0.1, -0.05) is 45.4 Å². The number of esters is 2. The first kappa shape index (κ1) is 16.9. The summed E-state index contributed by atoms with van der Waals surface area (Å²) in [6.45, 7) is 2.10.